The Balaban J connectivity index is 1.90. The minimum Gasteiger partial charge on any atom is -0.368 e. The number of rotatable bonds is 2. The Labute approximate surface area is 120 Å². The average molecular weight is 322 g/mol. The topological polar surface area (TPSA) is 49.9 Å². The fourth-order valence-electron chi connectivity index (χ4n) is 2.27. The monoisotopic (exact) mass is 321 g/mol. The highest BCUT2D eigenvalue weighted by Gasteiger charge is 2.20. The maximum absolute atomic E-state index is 5.72. The number of H-pyrrole nitrogens is 1. The number of ether oxygens (including phenoxy) is 1. The summed E-state index contributed by atoms with van der Waals surface area (Å²) in [4.78, 5) is 8.04. The Morgan fingerprint density at radius 2 is 2.11 bits per heavy atom. The zero-order valence-electron chi connectivity index (χ0n) is 10.7. The molecule has 5 heteroatoms. The van der Waals surface area contributed by atoms with Crippen LogP contribution >= 0.6 is 15.9 Å². The average Bonchev–Trinajstić information content (AvgIpc) is 2.83. The van der Waals surface area contributed by atoms with Crippen LogP contribution in [0.25, 0.3) is 11.3 Å². The number of aromatic nitrogens is 2. The fourth-order valence-corrected chi connectivity index (χ4v) is 2.53. The van der Waals surface area contributed by atoms with Crippen molar-refractivity contribution in [2.24, 2.45) is 0 Å². The molecule has 0 saturated carbocycles. The molecule has 0 aliphatic carbocycles. The van der Waals surface area contributed by atoms with Gasteiger partial charge in [-0.1, -0.05) is 28.1 Å². The van der Waals surface area contributed by atoms with Crippen LogP contribution in [0.15, 0.2) is 28.7 Å². The van der Waals surface area contributed by atoms with Crippen molar-refractivity contribution < 1.29 is 4.74 Å². The number of hydrogen-bond acceptors (Lipinski definition) is 3. The van der Waals surface area contributed by atoms with Gasteiger partial charge in [-0.25, -0.2) is 4.98 Å². The molecule has 0 radical (unpaired) electrons. The van der Waals surface area contributed by atoms with E-state index in [1.807, 2.05) is 19.1 Å². The summed E-state index contributed by atoms with van der Waals surface area (Å²) in [6.45, 7) is 4.50. The van der Waals surface area contributed by atoms with Gasteiger partial charge >= 0.3 is 0 Å². The maximum Gasteiger partial charge on any atom is 0.137 e. The molecule has 0 bridgehead atoms. The van der Waals surface area contributed by atoms with Crippen LogP contribution in [0.3, 0.4) is 0 Å². The summed E-state index contributed by atoms with van der Waals surface area (Å²) in [6, 6.07) is 8.19. The zero-order valence-corrected chi connectivity index (χ0v) is 12.3. The maximum atomic E-state index is 5.72. The van der Waals surface area contributed by atoms with Crippen LogP contribution in [0.5, 0.6) is 0 Å². The predicted octanol–water partition coefficient (Wildman–Crippen LogP) is 2.81. The van der Waals surface area contributed by atoms with E-state index in [4.69, 9.17) is 9.72 Å². The van der Waals surface area contributed by atoms with Crippen LogP contribution in [0, 0.1) is 6.92 Å². The lowest BCUT2D eigenvalue weighted by molar-refractivity contribution is 0.0226. The summed E-state index contributed by atoms with van der Waals surface area (Å²) in [6.07, 6.45) is 0.0247. The van der Waals surface area contributed by atoms with Crippen LogP contribution < -0.4 is 5.32 Å². The van der Waals surface area contributed by atoms with Crippen molar-refractivity contribution >= 4 is 15.9 Å². The van der Waals surface area contributed by atoms with E-state index in [1.165, 1.54) is 0 Å². The van der Waals surface area contributed by atoms with E-state index < -0.39 is 0 Å². The molecule has 4 nitrogen and oxygen atoms in total. The third kappa shape index (κ3) is 2.73. The molecule has 2 N–H and O–H groups in total. The standard InChI is InChI=1S/C14H16BrN3O/c1-9-13(10-2-4-11(15)5-3-10)18-14(17-9)12-8-16-6-7-19-12/h2-5,12,16H,6-8H2,1H3,(H,17,18). The SMILES string of the molecule is Cc1[nH]c(C2CNCCO2)nc1-c1ccc(Br)cc1. The normalized spacial score (nSPS) is 19.6. The highest BCUT2D eigenvalue weighted by Crippen LogP contribution is 2.26. The van der Waals surface area contributed by atoms with E-state index in [0.717, 1.165) is 46.9 Å². The minimum atomic E-state index is 0.0247. The first-order chi connectivity index (χ1) is 9.24. The summed E-state index contributed by atoms with van der Waals surface area (Å²) < 4.78 is 6.80. The number of nitrogens with zero attached hydrogens (tertiary/aromatic N) is 1. The number of morpholine rings is 1. The van der Waals surface area contributed by atoms with Crippen molar-refractivity contribution in [2.45, 2.75) is 13.0 Å². The quantitative estimate of drug-likeness (QED) is 0.894. The third-order valence-electron chi connectivity index (χ3n) is 3.25. The van der Waals surface area contributed by atoms with Crippen molar-refractivity contribution in [3.63, 3.8) is 0 Å². The Bertz CT molecular complexity index is 559. The second-order valence-electron chi connectivity index (χ2n) is 4.67. The van der Waals surface area contributed by atoms with Gasteiger partial charge in [0.25, 0.3) is 0 Å². The van der Waals surface area contributed by atoms with E-state index >= 15 is 0 Å². The molecular formula is C14H16BrN3O. The molecule has 0 amide bonds. The molecule has 2 heterocycles. The Morgan fingerprint density at radius 1 is 1.32 bits per heavy atom. The number of nitrogens with one attached hydrogen (secondary N) is 2. The van der Waals surface area contributed by atoms with Crippen LogP contribution in [0.1, 0.15) is 17.6 Å². The molecule has 1 fully saturated rings. The molecule has 1 atom stereocenters. The van der Waals surface area contributed by atoms with E-state index in [2.05, 4.69) is 38.4 Å². The molecule has 100 valence electrons. The molecule has 0 spiro atoms. The van der Waals surface area contributed by atoms with E-state index in [-0.39, 0.29) is 6.10 Å². The van der Waals surface area contributed by atoms with E-state index in [9.17, 15) is 0 Å². The van der Waals surface area contributed by atoms with E-state index in [0.29, 0.717) is 0 Å². The molecule has 3 rings (SSSR count). The second-order valence-corrected chi connectivity index (χ2v) is 5.58. The van der Waals surface area contributed by atoms with Gasteiger partial charge in [0.2, 0.25) is 0 Å². The molecule has 19 heavy (non-hydrogen) atoms. The smallest absolute Gasteiger partial charge is 0.137 e. The first kappa shape index (κ1) is 12.8. The largest absolute Gasteiger partial charge is 0.368 e. The van der Waals surface area contributed by atoms with Gasteiger partial charge in [0.05, 0.1) is 12.3 Å². The summed E-state index contributed by atoms with van der Waals surface area (Å²) in [7, 11) is 0. The molecule has 1 aromatic carbocycles. The number of aryl methyl sites for hydroxylation is 1. The summed E-state index contributed by atoms with van der Waals surface area (Å²) in [5.74, 6) is 0.905. The van der Waals surface area contributed by atoms with Gasteiger partial charge in [0, 0.05) is 28.8 Å². The minimum absolute atomic E-state index is 0.0247. The Hall–Kier alpha value is -1.17. The fraction of sp³-hybridized carbons (Fsp3) is 0.357. The van der Waals surface area contributed by atoms with Crippen LogP contribution in [0.2, 0.25) is 0 Å². The summed E-state index contributed by atoms with van der Waals surface area (Å²) in [5.41, 5.74) is 3.19. The van der Waals surface area contributed by atoms with Gasteiger partial charge in [-0.05, 0) is 19.1 Å². The highest BCUT2D eigenvalue weighted by molar-refractivity contribution is 9.10. The number of benzene rings is 1. The van der Waals surface area contributed by atoms with Gasteiger partial charge in [-0.2, -0.15) is 0 Å². The lowest BCUT2D eigenvalue weighted by Crippen LogP contribution is -2.33. The molecule has 2 aromatic rings. The van der Waals surface area contributed by atoms with Crippen molar-refractivity contribution in [3.8, 4) is 11.3 Å². The zero-order chi connectivity index (χ0) is 13.2. The molecule has 1 unspecified atom stereocenters. The van der Waals surface area contributed by atoms with Crippen LogP contribution in [-0.2, 0) is 4.74 Å². The molecule has 1 aliphatic rings. The molecule has 1 aromatic heterocycles. The second kappa shape index (κ2) is 5.45. The summed E-state index contributed by atoms with van der Waals surface area (Å²) in [5, 5.41) is 3.32. The number of hydrogen-bond donors (Lipinski definition) is 2. The lowest BCUT2D eigenvalue weighted by Gasteiger charge is -2.21. The summed E-state index contributed by atoms with van der Waals surface area (Å²) >= 11 is 3.45. The highest BCUT2D eigenvalue weighted by atomic mass is 79.9. The first-order valence-corrected chi connectivity index (χ1v) is 7.18. The van der Waals surface area contributed by atoms with Crippen molar-refractivity contribution in [3.05, 3.63) is 40.3 Å². The number of aromatic amines is 1. The van der Waals surface area contributed by atoms with Gasteiger partial charge in [-0.3, -0.25) is 0 Å². The Morgan fingerprint density at radius 3 is 2.79 bits per heavy atom. The van der Waals surface area contributed by atoms with Gasteiger partial charge in [0.15, 0.2) is 0 Å². The van der Waals surface area contributed by atoms with Crippen molar-refractivity contribution in [1.82, 2.24) is 15.3 Å². The molecular weight excluding hydrogens is 306 g/mol. The number of imidazole rings is 1. The lowest BCUT2D eigenvalue weighted by atomic mass is 10.1. The van der Waals surface area contributed by atoms with Crippen LogP contribution in [-0.4, -0.2) is 29.7 Å². The first-order valence-electron chi connectivity index (χ1n) is 6.39. The van der Waals surface area contributed by atoms with Gasteiger partial charge < -0.3 is 15.0 Å². The van der Waals surface area contributed by atoms with Crippen molar-refractivity contribution in [2.75, 3.05) is 19.7 Å². The third-order valence-corrected chi connectivity index (χ3v) is 3.78. The van der Waals surface area contributed by atoms with Gasteiger partial charge in [-0.15, -0.1) is 0 Å². The predicted molar refractivity (Wildman–Crippen MR) is 78.0 cm³/mol. The van der Waals surface area contributed by atoms with Crippen LogP contribution in [0.4, 0.5) is 0 Å². The van der Waals surface area contributed by atoms with Gasteiger partial charge in [0.1, 0.15) is 11.9 Å². The van der Waals surface area contributed by atoms with E-state index in [1.54, 1.807) is 0 Å². The Kier molecular flexibility index (Phi) is 3.68. The molecule has 1 saturated heterocycles. The molecule has 1 aliphatic heterocycles. The van der Waals surface area contributed by atoms with Crippen molar-refractivity contribution in [1.29, 1.82) is 0 Å². The number of halogens is 1.